The van der Waals surface area contributed by atoms with Crippen LogP contribution in [0.3, 0.4) is 0 Å². The van der Waals surface area contributed by atoms with Gasteiger partial charge in [-0.05, 0) is 42.3 Å². The van der Waals surface area contributed by atoms with Gasteiger partial charge in [0.25, 0.3) is 5.91 Å². The SMILES string of the molecule is Cc1cc(C(=O)NC[C@H](O)c2ccsc2)c(C)o1. The monoisotopic (exact) mass is 265 g/mol. The van der Waals surface area contributed by atoms with Gasteiger partial charge in [0, 0.05) is 6.54 Å². The largest absolute Gasteiger partial charge is 0.466 e. The van der Waals surface area contributed by atoms with E-state index in [4.69, 9.17) is 4.42 Å². The van der Waals surface area contributed by atoms with E-state index in [1.165, 1.54) is 11.3 Å². The molecule has 2 aromatic heterocycles. The molecule has 0 aliphatic heterocycles. The van der Waals surface area contributed by atoms with Crippen LogP contribution in [-0.2, 0) is 0 Å². The van der Waals surface area contributed by atoms with Gasteiger partial charge in [0.15, 0.2) is 0 Å². The summed E-state index contributed by atoms with van der Waals surface area (Å²) in [6.45, 7) is 3.74. The second-order valence-electron chi connectivity index (χ2n) is 4.11. The fourth-order valence-electron chi connectivity index (χ4n) is 1.72. The fourth-order valence-corrected chi connectivity index (χ4v) is 2.43. The minimum Gasteiger partial charge on any atom is -0.466 e. The average molecular weight is 265 g/mol. The van der Waals surface area contributed by atoms with E-state index in [2.05, 4.69) is 5.32 Å². The molecule has 0 aromatic carbocycles. The highest BCUT2D eigenvalue weighted by molar-refractivity contribution is 7.07. The van der Waals surface area contributed by atoms with Gasteiger partial charge in [0.05, 0.1) is 11.7 Å². The standard InChI is InChI=1S/C13H15NO3S/c1-8-5-11(9(2)17-8)13(16)14-6-12(15)10-3-4-18-7-10/h3-5,7,12,15H,6H2,1-2H3,(H,14,16)/t12-/m0/s1. The molecular weight excluding hydrogens is 250 g/mol. The van der Waals surface area contributed by atoms with Gasteiger partial charge in [-0.25, -0.2) is 0 Å². The Kier molecular flexibility index (Phi) is 3.84. The lowest BCUT2D eigenvalue weighted by atomic mass is 10.2. The van der Waals surface area contributed by atoms with Crippen molar-refractivity contribution in [3.8, 4) is 0 Å². The van der Waals surface area contributed by atoms with E-state index < -0.39 is 6.10 Å². The Bertz CT molecular complexity index is 530. The number of furan rings is 1. The molecule has 2 heterocycles. The number of aryl methyl sites for hydroxylation is 2. The van der Waals surface area contributed by atoms with Crippen molar-refractivity contribution >= 4 is 17.2 Å². The lowest BCUT2D eigenvalue weighted by Crippen LogP contribution is -2.28. The number of aliphatic hydroxyl groups is 1. The zero-order valence-electron chi connectivity index (χ0n) is 10.3. The number of hydrogen-bond acceptors (Lipinski definition) is 4. The second-order valence-corrected chi connectivity index (χ2v) is 4.89. The van der Waals surface area contributed by atoms with E-state index in [9.17, 15) is 9.90 Å². The summed E-state index contributed by atoms with van der Waals surface area (Å²) >= 11 is 1.52. The van der Waals surface area contributed by atoms with Crippen LogP contribution >= 0.6 is 11.3 Å². The number of carbonyl (C=O) groups excluding carboxylic acids is 1. The average Bonchev–Trinajstić information content (AvgIpc) is 2.95. The van der Waals surface area contributed by atoms with E-state index in [0.29, 0.717) is 17.1 Å². The van der Waals surface area contributed by atoms with Crippen LogP contribution in [0.2, 0.25) is 0 Å². The lowest BCUT2D eigenvalue weighted by Gasteiger charge is -2.10. The molecule has 0 spiro atoms. The van der Waals surface area contributed by atoms with Crippen LogP contribution in [0.1, 0.15) is 33.5 Å². The van der Waals surface area contributed by atoms with E-state index in [1.54, 1.807) is 19.9 Å². The number of rotatable bonds is 4. The molecule has 18 heavy (non-hydrogen) atoms. The third-order valence-corrected chi connectivity index (χ3v) is 3.37. The zero-order chi connectivity index (χ0) is 13.1. The Labute approximate surface area is 109 Å². The summed E-state index contributed by atoms with van der Waals surface area (Å²) in [5, 5.41) is 16.3. The fraction of sp³-hybridized carbons (Fsp3) is 0.308. The van der Waals surface area contributed by atoms with Crippen LogP contribution < -0.4 is 5.32 Å². The molecule has 96 valence electrons. The predicted octanol–water partition coefficient (Wildman–Crippen LogP) is 2.42. The van der Waals surface area contributed by atoms with Crippen molar-refractivity contribution in [1.29, 1.82) is 0 Å². The van der Waals surface area contributed by atoms with Gasteiger partial charge in [-0.15, -0.1) is 0 Å². The van der Waals surface area contributed by atoms with Crippen molar-refractivity contribution < 1.29 is 14.3 Å². The highest BCUT2D eigenvalue weighted by Crippen LogP contribution is 2.16. The Hall–Kier alpha value is -1.59. The van der Waals surface area contributed by atoms with Crippen molar-refractivity contribution in [1.82, 2.24) is 5.32 Å². The summed E-state index contributed by atoms with van der Waals surface area (Å²) in [6, 6.07) is 3.54. The molecule has 0 saturated carbocycles. The van der Waals surface area contributed by atoms with Gasteiger partial charge < -0.3 is 14.8 Å². The Morgan fingerprint density at radius 2 is 2.33 bits per heavy atom. The maximum absolute atomic E-state index is 11.9. The van der Waals surface area contributed by atoms with Crippen LogP contribution in [0, 0.1) is 13.8 Å². The number of hydrogen-bond donors (Lipinski definition) is 2. The summed E-state index contributed by atoms with van der Waals surface area (Å²) in [7, 11) is 0. The third-order valence-electron chi connectivity index (χ3n) is 2.67. The highest BCUT2D eigenvalue weighted by atomic mass is 32.1. The first-order chi connectivity index (χ1) is 8.58. The molecule has 4 nitrogen and oxygen atoms in total. The first kappa shape index (κ1) is 12.9. The molecular formula is C13H15NO3S. The van der Waals surface area contributed by atoms with Crippen LogP contribution in [0.5, 0.6) is 0 Å². The minimum absolute atomic E-state index is 0.194. The van der Waals surface area contributed by atoms with Gasteiger partial charge in [-0.1, -0.05) is 0 Å². The maximum Gasteiger partial charge on any atom is 0.254 e. The van der Waals surface area contributed by atoms with Gasteiger partial charge in [-0.2, -0.15) is 11.3 Å². The van der Waals surface area contributed by atoms with Crippen molar-refractivity contribution in [3.05, 3.63) is 45.5 Å². The van der Waals surface area contributed by atoms with Crippen LogP contribution in [-0.4, -0.2) is 17.6 Å². The van der Waals surface area contributed by atoms with Crippen molar-refractivity contribution in [2.75, 3.05) is 6.54 Å². The normalized spacial score (nSPS) is 12.4. The van der Waals surface area contributed by atoms with Gasteiger partial charge in [-0.3, -0.25) is 4.79 Å². The van der Waals surface area contributed by atoms with Crippen molar-refractivity contribution in [2.24, 2.45) is 0 Å². The first-order valence-corrected chi connectivity index (χ1v) is 6.57. The summed E-state index contributed by atoms with van der Waals surface area (Å²) < 4.78 is 5.29. The molecule has 0 saturated heterocycles. The number of nitrogens with one attached hydrogen (secondary N) is 1. The second kappa shape index (κ2) is 5.37. The van der Waals surface area contributed by atoms with E-state index in [-0.39, 0.29) is 12.5 Å². The molecule has 0 aliphatic carbocycles. The summed E-state index contributed by atoms with van der Waals surface area (Å²) in [5.74, 6) is 1.07. The molecule has 0 unspecified atom stereocenters. The highest BCUT2D eigenvalue weighted by Gasteiger charge is 2.15. The number of amides is 1. The van der Waals surface area contributed by atoms with E-state index in [1.807, 2.05) is 16.8 Å². The zero-order valence-corrected chi connectivity index (χ0v) is 11.1. The molecule has 2 aromatic rings. The predicted molar refractivity (Wildman–Crippen MR) is 69.8 cm³/mol. The molecule has 0 fully saturated rings. The van der Waals surface area contributed by atoms with Gasteiger partial charge in [0.2, 0.25) is 0 Å². The molecule has 5 heteroatoms. The topological polar surface area (TPSA) is 62.5 Å². The van der Waals surface area contributed by atoms with Crippen LogP contribution in [0.15, 0.2) is 27.3 Å². The molecule has 2 N–H and O–H groups in total. The van der Waals surface area contributed by atoms with Gasteiger partial charge >= 0.3 is 0 Å². The summed E-state index contributed by atoms with van der Waals surface area (Å²) in [5.41, 5.74) is 1.34. The van der Waals surface area contributed by atoms with Crippen molar-refractivity contribution in [3.63, 3.8) is 0 Å². The number of carbonyl (C=O) groups is 1. The molecule has 0 radical (unpaired) electrons. The van der Waals surface area contributed by atoms with E-state index in [0.717, 1.165) is 5.56 Å². The first-order valence-electron chi connectivity index (χ1n) is 5.63. The lowest BCUT2D eigenvalue weighted by molar-refractivity contribution is 0.0915. The quantitative estimate of drug-likeness (QED) is 0.892. The Balaban J connectivity index is 1.94. The number of aliphatic hydroxyl groups excluding tert-OH is 1. The van der Waals surface area contributed by atoms with E-state index >= 15 is 0 Å². The van der Waals surface area contributed by atoms with Crippen LogP contribution in [0.4, 0.5) is 0 Å². The van der Waals surface area contributed by atoms with Gasteiger partial charge in [0.1, 0.15) is 11.5 Å². The number of thiophene rings is 1. The van der Waals surface area contributed by atoms with Crippen molar-refractivity contribution in [2.45, 2.75) is 20.0 Å². The van der Waals surface area contributed by atoms with Crippen LogP contribution in [0.25, 0.3) is 0 Å². The Morgan fingerprint density at radius 1 is 1.56 bits per heavy atom. The maximum atomic E-state index is 11.9. The minimum atomic E-state index is -0.673. The molecule has 1 atom stereocenters. The third kappa shape index (κ3) is 2.80. The molecule has 0 aliphatic rings. The molecule has 0 bridgehead atoms. The molecule has 1 amide bonds. The summed E-state index contributed by atoms with van der Waals surface area (Å²) in [6.07, 6.45) is -0.673. The Morgan fingerprint density at radius 3 is 2.89 bits per heavy atom. The summed E-state index contributed by atoms with van der Waals surface area (Å²) in [4.78, 5) is 11.9. The molecule has 2 rings (SSSR count). The smallest absolute Gasteiger partial charge is 0.254 e.